The molecular weight excluding hydrogens is 308 g/mol. The van der Waals surface area contributed by atoms with Crippen LogP contribution in [0.4, 0.5) is 0 Å². The van der Waals surface area contributed by atoms with Gasteiger partial charge in [0.25, 0.3) is 0 Å². The van der Waals surface area contributed by atoms with E-state index in [9.17, 15) is 24.3 Å². The summed E-state index contributed by atoms with van der Waals surface area (Å²) < 4.78 is 15.1. The predicted octanol–water partition coefficient (Wildman–Crippen LogP) is 0.0537. The third-order valence-corrected chi connectivity index (χ3v) is 4.88. The summed E-state index contributed by atoms with van der Waals surface area (Å²) in [5, 5.41) is 9.37. The monoisotopic (exact) mass is 324 g/mol. The number of aliphatic carboxylic acids is 1. The molecule has 1 saturated heterocycles. The lowest BCUT2D eigenvalue weighted by molar-refractivity contribution is -0.168. The van der Waals surface area contributed by atoms with Crippen LogP contribution in [0, 0.1) is 17.3 Å². The van der Waals surface area contributed by atoms with Crippen LogP contribution in [0.1, 0.15) is 19.8 Å². The molecule has 8 heteroatoms. The number of hydrogen-bond acceptors (Lipinski definition) is 7. The molecule has 1 aliphatic heterocycles. The Bertz CT molecular complexity index is 623. The molecule has 0 amide bonds. The molecule has 3 aliphatic rings. The van der Waals surface area contributed by atoms with E-state index in [4.69, 9.17) is 14.2 Å². The van der Waals surface area contributed by atoms with E-state index in [-0.39, 0.29) is 17.9 Å². The fraction of sp³-hybridized carbons (Fsp3) is 0.600. The molecule has 3 rings (SSSR count). The van der Waals surface area contributed by atoms with Gasteiger partial charge in [0.2, 0.25) is 0 Å². The molecule has 0 aromatic rings. The Labute approximate surface area is 131 Å². The van der Waals surface area contributed by atoms with Gasteiger partial charge in [0, 0.05) is 17.4 Å². The second-order valence-corrected chi connectivity index (χ2v) is 6.26. The van der Waals surface area contributed by atoms with Crippen LogP contribution in [0.25, 0.3) is 0 Å². The van der Waals surface area contributed by atoms with Crippen molar-refractivity contribution in [3.8, 4) is 0 Å². The molecule has 2 aliphatic carbocycles. The minimum absolute atomic E-state index is 0.103. The minimum atomic E-state index is -1.50. The van der Waals surface area contributed by atoms with Crippen molar-refractivity contribution in [2.75, 3.05) is 6.61 Å². The highest BCUT2D eigenvalue weighted by atomic mass is 16.6. The fourth-order valence-corrected chi connectivity index (χ4v) is 3.88. The Hall–Kier alpha value is -2.38. The SMILES string of the molecule is C=C(C)C(=O)OCC(=O)OC1C2CC3C1OC(=O)C3(C(=O)O)C2. The van der Waals surface area contributed by atoms with Gasteiger partial charge in [-0.15, -0.1) is 0 Å². The molecule has 2 saturated carbocycles. The normalized spacial score (nSPS) is 36.5. The van der Waals surface area contributed by atoms with E-state index in [0.29, 0.717) is 6.42 Å². The van der Waals surface area contributed by atoms with Crippen LogP contribution in [0.5, 0.6) is 0 Å². The molecule has 0 radical (unpaired) electrons. The van der Waals surface area contributed by atoms with E-state index in [1.54, 1.807) is 0 Å². The van der Waals surface area contributed by atoms with Crippen LogP contribution in [-0.2, 0) is 33.4 Å². The van der Waals surface area contributed by atoms with Gasteiger partial charge >= 0.3 is 23.9 Å². The number of rotatable bonds is 5. The summed E-state index contributed by atoms with van der Waals surface area (Å²) in [6.07, 6.45) is -0.856. The highest BCUT2D eigenvalue weighted by Gasteiger charge is 2.75. The summed E-state index contributed by atoms with van der Waals surface area (Å²) in [5.41, 5.74) is -1.33. The number of esters is 3. The summed E-state index contributed by atoms with van der Waals surface area (Å²) in [6.45, 7) is 4.28. The molecule has 2 bridgehead atoms. The number of carbonyl (C=O) groups is 4. The van der Waals surface area contributed by atoms with E-state index in [2.05, 4.69) is 6.58 Å². The van der Waals surface area contributed by atoms with Gasteiger partial charge in [-0.1, -0.05) is 6.58 Å². The van der Waals surface area contributed by atoms with Crippen molar-refractivity contribution >= 4 is 23.9 Å². The third kappa shape index (κ3) is 2.12. The smallest absolute Gasteiger partial charge is 0.344 e. The van der Waals surface area contributed by atoms with E-state index in [1.807, 2.05) is 0 Å². The third-order valence-electron chi connectivity index (χ3n) is 4.88. The maximum absolute atomic E-state index is 12.0. The Morgan fingerprint density at radius 2 is 2.13 bits per heavy atom. The molecule has 1 heterocycles. The molecule has 0 spiro atoms. The van der Waals surface area contributed by atoms with Crippen molar-refractivity contribution in [3.05, 3.63) is 12.2 Å². The molecular formula is C15H16O8. The number of carboxylic acids is 1. The number of hydrogen-bond donors (Lipinski definition) is 1. The lowest BCUT2D eigenvalue weighted by Gasteiger charge is -2.28. The minimum Gasteiger partial charge on any atom is -0.480 e. The van der Waals surface area contributed by atoms with Gasteiger partial charge in [0.1, 0.15) is 12.2 Å². The van der Waals surface area contributed by atoms with E-state index >= 15 is 0 Å². The Morgan fingerprint density at radius 1 is 1.43 bits per heavy atom. The summed E-state index contributed by atoms with van der Waals surface area (Å²) in [5.74, 6) is -4.12. The largest absolute Gasteiger partial charge is 0.480 e. The van der Waals surface area contributed by atoms with Gasteiger partial charge in [-0.3, -0.25) is 9.59 Å². The Balaban J connectivity index is 1.64. The summed E-state index contributed by atoms with van der Waals surface area (Å²) >= 11 is 0. The summed E-state index contributed by atoms with van der Waals surface area (Å²) in [4.78, 5) is 46.5. The van der Waals surface area contributed by atoms with Gasteiger partial charge in [0.15, 0.2) is 12.0 Å². The first-order valence-electron chi connectivity index (χ1n) is 7.24. The quantitative estimate of drug-likeness (QED) is 0.326. The number of fused-ring (bicyclic) bond motifs is 1. The zero-order valence-electron chi connectivity index (χ0n) is 12.4. The van der Waals surface area contributed by atoms with Crippen molar-refractivity contribution in [1.29, 1.82) is 0 Å². The average molecular weight is 324 g/mol. The standard InChI is InChI=1S/C15H16O8/c1-6(2)12(17)21-5-9(16)22-10-7-3-8-11(10)23-14(20)15(8,4-7)13(18)19/h7-8,10-11H,1,3-5H2,2H3,(H,18,19). The van der Waals surface area contributed by atoms with Gasteiger partial charge < -0.3 is 19.3 Å². The zero-order valence-corrected chi connectivity index (χ0v) is 12.4. The van der Waals surface area contributed by atoms with Crippen LogP contribution < -0.4 is 0 Å². The topological polar surface area (TPSA) is 116 Å². The number of carboxylic acid groups (broad SMARTS) is 1. The highest BCUT2D eigenvalue weighted by molar-refractivity contribution is 6.02. The molecule has 3 fully saturated rings. The fourth-order valence-electron chi connectivity index (χ4n) is 3.88. The van der Waals surface area contributed by atoms with E-state index in [1.165, 1.54) is 6.92 Å². The molecule has 5 atom stereocenters. The second kappa shape index (κ2) is 5.07. The second-order valence-electron chi connectivity index (χ2n) is 6.26. The van der Waals surface area contributed by atoms with Gasteiger partial charge in [-0.05, 0) is 19.8 Å². The van der Waals surface area contributed by atoms with Crippen LogP contribution in [0.3, 0.4) is 0 Å². The van der Waals surface area contributed by atoms with Crippen molar-refractivity contribution in [2.24, 2.45) is 17.3 Å². The molecule has 0 aromatic heterocycles. The molecule has 0 aromatic carbocycles. The van der Waals surface area contributed by atoms with Crippen LogP contribution in [0.2, 0.25) is 0 Å². The highest BCUT2D eigenvalue weighted by Crippen LogP contribution is 2.62. The Kier molecular flexibility index (Phi) is 3.42. The average Bonchev–Trinajstić information content (AvgIpc) is 3.06. The maximum atomic E-state index is 12.0. The Morgan fingerprint density at radius 3 is 2.74 bits per heavy atom. The summed E-state index contributed by atoms with van der Waals surface area (Å²) in [6, 6.07) is 0. The van der Waals surface area contributed by atoms with Gasteiger partial charge in [-0.25, -0.2) is 9.59 Å². The summed E-state index contributed by atoms with van der Waals surface area (Å²) in [7, 11) is 0. The first-order valence-corrected chi connectivity index (χ1v) is 7.24. The maximum Gasteiger partial charge on any atom is 0.344 e. The first kappa shape index (κ1) is 15.5. The molecule has 23 heavy (non-hydrogen) atoms. The van der Waals surface area contributed by atoms with Crippen molar-refractivity contribution in [1.82, 2.24) is 0 Å². The molecule has 1 N–H and O–H groups in total. The van der Waals surface area contributed by atoms with Crippen molar-refractivity contribution < 1.29 is 38.5 Å². The van der Waals surface area contributed by atoms with Gasteiger partial charge in [0.05, 0.1) is 0 Å². The zero-order chi connectivity index (χ0) is 16.9. The first-order chi connectivity index (χ1) is 10.8. The van der Waals surface area contributed by atoms with Crippen LogP contribution >= 0.6 is 0 Å². The number of carbonyl (C=O) groups excluding carboxylic acids is 3. The molecule has 5 unspecified atom stereocenters. The van der Waals surface area contributed by atoms with E-state index in [0.717, 1.165) is 0 Å². The van der Waals surface area contributed by atoms with E-state index < -0.39 is 54.0 Å². The van der Waals surface area contributed by atoms with Crippen molar-refractivity contribution in [3.63, 3.8) is 0 Å². The number of ether oxygens (including phenoxy) is 3. The van der Waals surface area contributed by atoms with Gasteiger partial charge in [-0.2, -0.15) is 0 Å². The van der Waals surface area contributed by atoms with Crippen LogP contribution in [-0.4, -0.2) is 47.8 Å². The lowest BCUT2D eigenvalue weighted by atomic mass is 9.73. The molecule has 124 valence electrons. The van der Waals surface area contributed by atoms with Crippen molar-refractivity contribution in [2.45, 2.75) is 32.0 Å². The van der Waals surface area contributed by atoms with Crippen LogP contribution in [0.15, 0.2) is 12.2 Å². The predicted molar refractivity (Wildman–Crippen MR) is 71.8 cm³/mol. The lowest BCUT2D eigenvalue weighted by Crippen LogP contribution is -2.44. The molecule has 8 nitrogen and oxygen atoms in total.